The topological polar surface area (TPSA) is 0 Å². The molecule has 2 aromatic carbocycles. The number of alkyl halides is 1. The molecule has 0 N–H and O–H groups in total. The van der Waals surface area contributed by atoms with Crippen molar-refractivity contribution >= 4 is 31.9 Å². The van der Waals surface area contributed by atoms with Crippen molar-refractivity contribution in [1.29, 1.82) is 0 Å². The van der Waals surface area contributed by atoms with E-state index in [0.717, 1.165) is 22.0 Å². The van der Waals surface area contributed by atoms with Gasteiger partial charge in [0, 0.05) is 4.47 Å². The highest BCUT2D eigenvalue weighted by Gasteiger charge is 2.19. The number of benzene rings is 2. The number of hydrogen-bond donors (Lipinski definition) is 0. The van der Waals surface area contributed by atoms with Gasteiger partial charge in [-0.3, -0.25) is 0 Å². The Hall–Kier alpha value is -0.670. The Balaban J connectivity index is 2.32. The largest absolute Gasteiger partial charge is 0.207 e. The van der Waals surface area contributed by atoms with Crippen molar-refractivity contribution in [1.82, 2.24) is 0 Å². The normalized spacial score (nSPS) is 13.2. The maximum Gasteiger partial charge on any atom is 0.123 e. The first-order chi connectivity index (χ1) is 9.85. The van der Waals surface area contributed by atoms with Gasteiger partial charge >= 0.3 is 0 Å². The monoisotopic (exact) mass is 412 g/mol. The van der Waals surface area contributed by atoms with Crippen molar-refractivity contribution in [3.63, 3.8) is 0 Å². The van der Waals surface area contributed by atoms with Crippen LogP contribution in [0.3, 0.4) is 0 Å². The third-order valence-electron chi connectivity index (χ3n) is 4.10. The maximum absolute atomic E-state index is 13.4. The van der Waals surface area contributed by atoms with Crippen LogP contribution in [0.25, 0.3) is 0 Å². The zero-order valence-corrected chi connectivity index (χ0v) is 15.6. The Bertz CT molecular complexity index is 618. The molecule has 0 saturated heterocycles. The summed E-state index contributed by atoms with van der Waals surface area (Å²) in [4.78, 5) is -0.0265. The van der Waals surface area contributed by atoms with E-state index in [1.807, 2.05) is 0 Å². The highest BCUT2D eigenvalue weighted by atomic mass is 79.9. The molecule has 0 fully saturated rings. The van der Waals surface area contributed by atoms with Crippen molar-refractivity contribution in [3.8, 4) is 0 Å². The second kappa shape index (κ2) is 6.62. The first-order valence-electron chi connectivity index (χ1n) is 7.04. The molecule has 0 aliphatic rings. The van der Waals surface area contributed by atoms with E-state index in [0.29, 0.717) is 0 Å². The first-order valence-corrected chi connectivity index (χ1v) is 8.75. The van der Waals surface area contributed by atoms with Crippen molar-refractivity contribution in [3.05, 3.63) is 69.4 Å². The van der Waals surface area contributed by atoms with Gasteiger partial charge < -0.3 is 0 Å². The zero-order valence-electron chi connectivity index (χ0n) is 12.5. The van der Waals surface area contributed by atoms with Crippen molar-refractivity contribution in [2.24, 2.45) is 0 Å². The maximum atomic E-state index is 13.4. The fraction of sp³-hybridized carbons (Fsp3) is 0.333. The Morgan fingerprint density at radius 3 is 2.29 bits per heavy atom. The third-order valence-corrected chi connectivity index (χ3v) is 5.84. The molecule has 21 heavy (non-hydrogen) atoms. The Morgan fingerprint density at radius 2 is 1.71 bits per heavy atom. The van der Waals surface area contributed by atoms with E-state index in [4.69, 9.17) is 0 Å². The van der Waals surface area contributed by atoms with E-state index < -0.39 is 0 Å². The Kier molecular flexibility index (Phi) is 5.26. The van der Waals surface area contributed by atoms with Crippen LogP contribution in [0.4, 0.5) is 4.39 Å². The van der Waals surface area contributed by atoms with Gasteiger partial charge in [-0.15, -0.1) is 0 Å². The summed E-state index contributed by atoms with van der Waals surface area (Å²) in [6.07, 6.45) is 1.10. The molecule has 0 aliphatic heterocycles. The van der Waals surface area contributed by atoms with Crippen molar-refractivity contribution < 1.29 is 4.39 Å². The van der Waals surface area contributed by atoms with Crippen LogP contribution in [-0.4, -0.2) is 0 Å². The fourth-order valence-corrected chi connectivity index (χ4v) is 3.66. The summed E-state index contributed by atoms with van der Waals surface area (Å²) < 4.78 is 14.4. The van der Waals surface area contributed by atoms with Crippen LogP contribution in [0.5, 0.6) is 0 Å². The van der Waals surface area contributed by atoms with Gasteiger partial charge in [-0.25, -0.2) is 4.39 Å². The highest BCUT2D eigenvalue weighted by Crippen LogP contribution is 2.37. The van der Waals surface area contributed by atoms with Gasteiger partial charge in [0.25, 0.3) is 0 Å². The summed E-state index contributed by atoms with van der Waals surface area (Å²) in [5.74, 6) is -0.221. The van der Waals surface area contributed by atoms with Gasteiger partial charge in [0.15, 0.2) is 0 Å². The smallest absolute Gasteiger partial charge is 0.123 e. The van der Waals surface area contributed by atoms with Crippen LogP contribution >= 0.6 is 31.9 Å². The summed E-state index contributed by atoms with van der Waals surface area (Å²) in [6.45, 7) is 6.69. The van der Waals surface area contributed by atoms with Crippen LogP contribution < -0.4 is 0 Å². The summed E-state index contributed by atoms with van der Waals surface area (Å²) >= 11 is 7.16. The molecular weight excluding hydrogens is 395 g/mol. The molecule has 0 heterocycles. The summed E-state index contributed by atoms with van der Waals surface area (Å²) in [5.41, 5.74) is 3.53. The minimum atomic E-state index is -0.221. The molecule has 2 rings (SSSR count). The molecule has 0 amide bonds. The third kappa shape index (κ3) is 3.75. The number of halogens is 3. The minimum absolute atomic E-state index is 0.0265. The molecular formula is C18H19Br2F. The van der Waals surface area contributed by atoms with Gasteiger partial charge in [0.1, 0.15) is 5.82 Å². The molecule has 0 spiro atoms. The molecule has 1 atom stereocenters. The fourth-order valence-electron chi connectivity index (χ4n) is 2.20. The van der Waals surface area contributed by atoms with E-state index in [9.17, 15) is 4.39 Å². The number of hydrogen-bond acceptors (Lipinski definition) is 0. The highest BCUT2D eigenvalue weighted by molar-refractivity contribution is 9.11. The number of rotatable bonds is 4. The SMILES string of the molecule is CCC(C)(C)c1ccc(C(Br)c2cc(F)ccc2Br)cc1. The molecule has 0 saturated carbocycles. The summed E-state index contributed by atoms with van der Waals surface area (Å²) in [5, 5.41) is 0. The lowest BCUT2D eigenvalue weighted by Gasteiger charge is -2.24. The van der Waals surface area contributed by atoms with E-state index in [1.165, 1.54) is 11.6 Å². The molecule has 2 aromatic rings. The average Bonchev–Trinajstić information content (AvgIpc) is 2.49. The molecule has 0 radical (unpaired) electrons. The van der Waals surface area contributed by atoms with E-state index >= 15 is 0 Å². The second-order valence-electron chi connectivity index (χ2n) is 5.89. The van der Waals surface area contributed by atoms with Gasteiger partial charge in [-0.2, -0.15) is 0 Å². The zero-order chi connectivity index (χ0) is 15.6. The molecule has 112 valence electrons. The molecule has 0 nitrogen and oxygen atoms in total. The van der Waals surface area contributed by atoms with Gasteiger partial charge in [0.2, 0.25) is 0 Å². The lowest BCUT2D eigenvalue weighted by molar-refractivity contribution is 0.506. The first kappa shape index (κ1) is 16.7. The predicted octanol–water partition coefficient (Wildman–Crippen LogP) is 6.76. The quantitative estimate of drug-likeness (QED) is 0.485. The summed E-state index contributed by atoms with van der Waals surface area (Å²) in [7, 11) is 0. The Labute approximate surface area is 143 Å². The lowest BCUT2D eigenvalue weighted by atomic mass is 9.82. The van der Waals surface area contributed by atoms with Gasteiger partial charge in [-0.05, 0) is 46.7 Å². The van der Waals surface area contributed by atoms with Crippen LogP contribution in [0.1, 0.15) is 48.7 Å². The second-order valence-corrected chi connectivity index (χ2v) is 7.66. The predicted molar refractivity (Wildman–Crippen MR) is 94.6 cm³/mol. The van der Waals surface area contributed by atoms with Crippen LogP contribution in [-0.2, 0) is 5.41 Å². The Morgan fingerprint density at radius 1 is 1.10 bits per heavy atom. The van der Waals surface area contributed by atoms with Crippen LogP contribution in [0, 0.1) is 5.82 Å². The van der Waals surface area contributed by atoms with E-state index in [1.54, 1.807) is 12.1 Å². The molecule has 0 aromatic heterocycles. The molecule has 0 bridgehead atoms. The summed E-state index contributed by atoms with van der Waals surface area (Å²) in [6, 6.07) is 13.3. The van der Waals surface area contributed by atoms with E-state index in [-0.39, 0.29) is 16.1 Å². The minimum Gasteiger partial charge on any atom is -0.207 e. The van der Waals surface area contributed by atoms with Gasteiger partial charge in [0.05, 0.1) is 4.83 Å². The van der Waals surface area contributed by atoms with Crippen LogP contribution in [0.2, 0.25) is 0 Å². The average molecular weight is 414 g/mol. The molecule has 0 aliphatic carbocycles. The van der Waals surface area contributed by atoms with Gasteiger partial charge in [-0.1, -0.05) is 76.9 Å². The lowest BCUT2D eigenvalue weighted by Crippen LogP contribution is -2.15. The molecule has 3 heteroatoms. The van der Waals surface area contributed by atoms with Crippen molar-refractivity contribution in [2.45, 2.75) is 37.4 Å². The van der Waals surface area contributed by atoms with Crippen molar-refractivity contribution in [2.75, 3.05) is 0 Å². The molecule has 1 unspecified atom stereocenters. The standard InChI is InChI=1S/C18H19Br2F/c1-4-18(2,3)13-7-5-12(6-8-13)17(20)15-11-14(21)9-10-16(15)19/h5-11,17H,4H2,1-3H3. The van der Waals surface area contributed by atoms with E-state index in [2.05, 4.69) is 76.9 Å². The van der Waals surface area contributed by atoms with Crippen LogP contribution in [0.15, 0.2) is 46.9 Å².